The molecule has 1 fully saturated rings. The van der Waals surface area contributed by atoms with E-state index in [1.54, 1.807) is 23.1 Å². The lowest BCUT2D eigenvalue weighted by Gasteiger charge is -2.31. The topological polar surface area (TPSA) is 135 Å². The summed E-state index contributed by atoms with van der Waals surface area (Å²) in [4.78, 5) is 8.72. The smallest absolute Gasteiger partial charge is 0.240 e. The summed E-state index contributed by atoms with van der Waals surface area (Å²) in [5.74, 6) is 0.279. The highest BCUT2D eigenvalue weighted by atomic mass is 32.2. The number of fused-ring (bicyclic) bond motifs is 1. The van der Waals surface area contributed by atoms with Gasteiger partial charge in [-0.05, 0) is 12.8 Å². The Labute approximate surface area is 144 Å². The van der Waals surface area contributed by atoms with Gasteiger partial charge >= 0.3 is 0 Å². The molecule has 0 bridgehead atoms. The Hall–Kier alpha value is -2.53. The largest absolute Gasteiger partial charge is 0.366 e. The van der Waals surface area contributed by atoms with Gasteiger partial charge in [0, 0.05) is 30.8 Å². The molecule has 3 aromatic heterocycles. The zero-order valence-electron chi connectivity index (χ0n) is 13.6. The molecule has 0 unspecified atom stereocenters. The number of piperidine rings is 1. The van der Waals surface area contributed by atoms with Gasteiger partial charge in [0.15, 0.2) is 5.65 Å². The van der Waals surface area contributed by atoms with Crippen molar-refractivity contribution >= 4 is 21.6 Å². The summed E-state index contributed by atoms with van der Waals surface area (Å²) >= 11 is 0. The predicted octanol–water partition coefficient (Wildman–Crippen LogP) is 0.236. The van der Waals surface area contributed by atoms with Gasteiger partial charge in [-0.2, -0.15) is 10.1 Å². The lowest BCUT2D eigenvalue weighted by atomic mass is 9.91. The second kappa shape index (κ2) is 5.77. The number of hydrogen-bond donors (Lipinski definition) is 2. The third-order valence-corrected chi connectivity index (χ3v) is 5.81. The SMILES string of the molecule is CS(=O)(=O)N1CCC(c2c(-c3cn[nH]c3)ncc3nc(N)nn23)CC1. The number of nitrogens with zero attached hydrogens (tertiary/aromatic N) is 6. The minimum absolute atomic E-state index is 0.0974. The molecule has 1 saturated heterocycles. The summed E-state index contributed by atoms with van der Waals surface area (Å²) in [6.45, 7) is 0.934. The Balaban J connectivity index is 1.79. The summed E-state index contributed by atoms with van der Waals surface area (Å²) in [6, 6.07) is 0. The summed E-state index contributed by atoms with van der Waals surface area (Å²) in [6.07, 6.45) is 7.69. The van der Waals surface area contributed by atoms with Crippen LogP contribution in [0, 0.1) is 0 Å². The van der Waals surface area contributed by atoms with E-state index < -0.39 is 10.0 Å². The number of H-pyrrole nitrogens is 1. The van der Waals surface area contributed by atoms with Crippen molar-refractivity contribution in [3.8, 4) is 11.3 Å². The van der Waals surface area contributed by atoms with Crippen LogP contribution in [0.3, 0.4) is 0 Å². The minimum atomic E-state index is -3.18. The van der Waals surface area contributed by atoms with E-state index >= 15 is 0 Å². The highest BCUT2D eigenvalue weighted by Gasteiger charge is 2.30. The molecular formula is C14H18N8O2S. The maximum atomic E-state index is 11.8. The minimum Gasteiger partial charge on any atom is -0.366 e. The third-order valence-electron chi connectivity index (χ3n) is 4.51. The molecule has 0 atom stereocenters. The second-order valence-electron chi connectivity index (χ2n) is 6.16. The molecule has 132 valence electrons. The monoisotopic (exact) mass is 362 g/mol. The van der Waals surface area contributed by atoms with Crippen LogP contribution < -0.4 is 5.73 Å². The number of nitrogen functional groups attached to an aromatic ring is 1. The molecule has 10 nitrogen and oxygen atoms in total. The highest BCUT2D eigenvalue weighted by Crippen LogP contribution is 2.34. The van der Waals surface area contributed by atoms with Gasteiger partial charge in [0.1, 0.15) is 0 Å². The van der Waals surface area contributed by atoms with Crippen LogP contribution in [0.15, 0.2) is 18.6 Å². The molecule has 11 heteroatoms. The first-order valence-electron chi connectivity index (χ1n) is 7.89. The van der Waals surface area contributed by atoms with Crippen molar-refractivity contribution in [1.82, 2.24) is 34.1 Å². The van der Waals surface area contributed by atoms with Crippen LogP contribution in [0.5, 0.6) is 0 Å². The molecule has 1 aliphatic rings. The second-order valence-corrected chi connectivity index (χ2v) is 8.14. The van der Waals surface area contributed by atoms with Gasteiger partial charge in [-0.15, -0.1) is 5.10 Å². The Morgan fingerprint density at radius 3 is 2.68 bits per heavy atom. The molecule has 1 aliphatic heterocycles. The fourth-order valence-electron chi connectivity index (χ4n) is 3.32. The van der Waals surface area contributed by atoms with E-state index in [0.717, 1.165) is 17.0 Å². The van der Waals surface area contributed by atoms with Crippen molar-refractivity contribution < 1.29 is 8.42 Å². The molecule has 25 heavy (non-hydrogen) atoms. The summed E-state index contributed by atoms with van der Waals surface area (Å²) in [5.41, 5.74) is 8.82. The lowest BCUT2D eigenvalue weighted by molar-refractivity contribution is 0.316. The van der Waals surface area contributed by atoms with Crippen molar-refractivity contribution in [2.24, 2.45) is 0 Å². The van der Waals surface area contributed by atoms with Crippen molar-refractivity contribution in [2.45, 2.75) is 18.8 Å². The standard InChI is InChI=1S/C14H18N8O2S/c1-25(23,24)21-4-2-9(3-5-21)13-12(10-6-17-18-7-10)16-8-11-19-14(15)20-22(11)13/h6-9H,2-5H2,1H3,(H2,15,20)(H,17,18). The van der Waals surface area contributed by atoms with Gasteiger partial charge < -0.3 is 5.73 Å². The molecule has 0 aliphatic carbocycles. The molecule has 4 rings (SSSR count). The molecule has 3 N–H and O–H groups in total. The molecule has 0 saturated carbocycles. The molecule has 0 amide bonds. The average molecular weight is 362 g/mol. The van der Waals surface area contributed by atoms with Crippen LogP contribution in [0.4, 0.5) is 5.95 Å². The number of aromatic amines is 1. The molecule has 0 aromatic carbocycles. The van der Waals surface area contributed by atoms with E-state index in [2.05, 4.69) is 25.3 Å². The number of nitrogens with one attached hydrogen (secondary N) is 1. The Morgan fingerprint density at radius 1 is 1.28 bits per heavy atom. The first-order valence-corrected chi connectivity index (χ1v) is 9.74. The van der Waals surface area contributed by atoms with E-state index in [9.17, 15) is 8.42 Å². The fraction of sp³-hybridized carbons (Fsp3) is 0.429. The predicted molar refractivity (Wildman–Crippen MR) is 91.2 cm³/mol. The van der Waals surface area contributed by atoms with E-state index in [-0.39, 0.29) is 11.9 Å². The van der Waals surface area contributed by atoms with Crippen molar-refractivity contribution in [3.63, 3.8) is 0 Å². The van der Waals surface area contributed by atoms with Crippen LogP contribution in [-0.4, -0.2) is 61.8 Å². The third kappa shape index (κ3) is 2.85. The Morgan fingerprint density at radius 2 is 2.04 bits per heavy atom. The van der Waals surface area contributed by atoms with E-state index in [1.165, 1.54) is 10.6 Å². The Kier molecular flexibility index (Phi) is 3.69. The van der Waals surface area contributed by atoms with Crippen molar-refractivity contribution in [2.75, 3.05) is 25.1 Å². The van der Waals surface area contributed by atoms with Crippen LogP contribution in [0.1, 0.15) is 24.5 Å². The van der Waals surface area contributed by atoms with Crippen molar-refractivity contribution in [1.29, 1.82) is 0 Å². The maximum Gasteiger partial charge on any atom is 0.240 e. The fourth-order valence-corrected chi connectivity index (χ4v) is 4.19. The number of sulfonamides is 1. The van der Waals surface area contributed by atoms with Crippen LogP contribution >= 0.6 is 0 Å². The van der Waals surface area contributed by atoms with Crippen molar-refractivity contribution in [3.05, 3.63) is 24.3 Å². The number of aromatic nitrogens is 6. The average Bonchev–Trinajstić information content (AvgIpc) is 3.21. The zero-order valence-corrected chi connectivity index (χ0v) is 14.4. The summed E-state index contributed by atoms with van der Waals surface area (Å²) in [7, 11) is -3.18. The number of hydrogen-bond acceptors (Lipinski definition) is 7. The summed E-state index contributed by atoms with van der Waals surface area (Å²) in [5, 5.41) is 11.1. The molecule has 4 heterocycles. The van der Waals surface area contributed by atoms with Gasteiger partial charge in [0.2, 0.25) is 16.0 Å². The summed E-state index contributed by atoms with van der Waals surface area (Å²) < 4.78 is 26.7. The van der Waals surface area contributed by atoms with Crippen LogP contribution in [0.2, 0.25) is 0 Å². The molecule has 0 radical (unpaired) electrons. The van der Waals surface area contributed by atoms with E-state index in [0.29, 0.717) is 31.6 Å². The van der Waals surface area contributed by atoms with E-state index in [1.807, 2.05) is 0 Å². The Bertz CT molecular complexity index is 1000. The first kappa shape index (κ1) is 16.0. The molecule has 3 aromatic rings. The van der Waals surface area contributed by atoms with Gasteiger partial charge in [0.25, 0.3) is 0 Å². The van der Waals surface area contributed by atoms with Crippen LogP contribution in [0.25, 0.3) is 16.9 Å². The lowest BCUT2D eigenvalue weighted by Crippen LogP contribution is -2.37. The maximum absolute atomic E-state index is 11.8. The van der Waals surface area contributed by atoms with Gasteiger partial charge in [0.05, 0.1) is 30.0 Å². The molecule has 0 spiro atoms. The number of nitrogens with two attached hydrogens (primary N) is 1. The highest BCUT2D eigenvalue weighted by molar-refractivity contribution is 7.88. The number of rotatable bonds is 3. The normalized spacial score (nSPS) is 17.3. The van der Waals surface area contributed by atoms with E-state index in [4.69, 9.17) is 5.73 Å². The zero-order chi connectivity index (χ0) is 17.6. The molecular weight excluding hydrogens is 344 g/mol. The quantitative estimate of drug-likeness (QED) is 0.681. The first-order chi connectivity index (χ1) is 11.9. The van der Waals surface area contributed by atoms with Gasteiger partial charge in [-0.3, -0.25) is 10.1 Å². The van der Waals surface area contributed by atoms with Crippen LogP contribution in [-0.2, 0) is 10.0 Å². The van der Waals surface area contributed by atoms with Gasteiger partial charge in [-0.1, -0.05) is 0 Å². The van der Waals surface area contributed by atoms with Gasteiger partial charge in [-0.25, -0.2) is 17.2 Å². The number of anilines is 1.